The normalized spacial score (nSPS) is 17.4. The molecule has 5 rings (SSSR count). The second kappa shape index (κ2) is 12.2. The zero-order chi connectivity index (χ0) is 30.0. The Labute approximate surface area is 247 Å². The summed E-state index contributed by atoms with van der Waals surface area (Å²) in [4.78, 5) is 41.6. The highest BCUT2D eigenvalue weighted by molar-refractivity contribution is 6.32. The topological polar surface area (TPSA) is 139 Å². The molecule has 42 heavy (non-hydrogen) atoms. The van der Waals surface area contributed by atoms with Gasteiger partial charge in [-0.1, -0.05) is 17.7 Å². The number of amides is 2. The molecule has 2 aromatic heterocycles. The van der Waals surface area contributed by atoms with E-state index in [0.717, 1.165) is 12.8 Å². The summed E-state index contributed by atoms with van der Waals surface area (Å²) in [7, 11) is 1.40. The molecule has 1 fully saturated rings. The first-order valence-electron chi connectivity index (χ1n) is 13.6. The Morgan fingerprint density at radius 3 is 2.74 bits per heavy atom. The van der Waals surface area contributed by atoms with Crippen molar-refractivity contribution >= 4 is 29.4 Å². The zero-order valence-corrected chi connectivity index (χ0v) is 24.2. The van der Waals surface area contributed by atoms with E-state index in [2.05, 4.69) is 25.6 Å². The Bertz CT molecular complexity index is 1500. The standard InChI is InChI=1S/C29H32ClFN6O5/c1-16(26(39)36-29(2,15-38)18-10-19(31)12-21(11-18)41-3)37-14-17-4-5-23(34-24(17)27(37)40)25-22(30)13-32-28(35-25)33-20-6-8-42-9-7-20/h4-5,10-13,16,20,38H,6-9,14-15H2,1-3H3,(H,36,39)(H,32,33,35)/t16-,29+/m1/s1. The number of hydrogen-bond donors (Lipinski definition) is 3. The maximum atomic E-state index is 14.2. The van der Waals surface area contributed by atoms with E-state index in [0.29, 0.717) is 41.7 Å². The zero-order valence-electron chi connectivity index (χ0n) is 23.5. The number of aliphatic hydroxyl groups is 1. The van der Waals surface area contributed by atoms with Crippen LogP contribution in [0.25, 0.3) is 11.4 Å². The highest BCUT2D eigenvalue weighted by atomic mass is 35.5. The molecule has 2 amide bonds. The smallest absolute Gasteiger partial charge is 0.273 e. The molecule has 3 aromatic rings. The van der Waals surface area contributed by atoms with E-state index in [4.69, 9.17) is 21.1 Å². The molecule has 222 valence electrons. The molecule has 2 aliphatic heterocycles. The second-order valence-electron chi connectivity index (χ2n) is 10.6. The van der Waals surface area contributed by atoms with Crippen LogP contribution in [0.5, 0.6) is 5.75 Å². The lowest BCUT2D eigenvalue weighted by atomic mass is 9.92. The molecule has 13 heteroatoms. The van der Waals surface area contributed by atoms with E-state index in [9.17, 15) is 19.1 Å². The average Bonchev–Trinajstić information content (AvgIpc) is 3.33. The van der Waals surface area contributed by atoms with Crippen molar-refractivity contribution < 1.29 is 28.6 Å². The minimum Gasteiger partial charge on any atom is -0.497 e. The van der Waals surface area contributed by atoms with Gasteiger partial charge in [0.25, 0.3) is 5.91 Å². The van der Waals surface area contributed by atoms with E-state index in [-0.39, 0.29) is 29.1 Å². The summed E-state index contributed by atoms with van der Waals surface area (Å²) in [6.45, 7) is 4.13. The summed E-state index contributed by atoms with van der Waals surface area (Å²) >= 11 is 6.42. The number of ether oxygens (including phenoxy) is 2. The maximum Gasteiger partial charge on any atom is 0.273 e. The molecular weight excluding hydrogens is 567 g/mol. The van der Waals surface area contributed by atoms with Gasteiger partial charge in [0, 0.05) is 37.4 Å². The number of hydrogen-bond acceptors (Lipinski definition) is 9. The largest absolute Gasteiger partial charge is 0.497 e. The molecule has 0 bridgehead atoms. The Balaban J connectivity index is 1.33. The molecule has 4 heterocycles. The van der Waals surface area contributed by atoms with Crippen molar-refractivity contribution in [1.82, 2.24) is 25.2 Å². The number of carbonyl (C=O) groups is 2. The van der Waals surface area contributed by atoms with Gasteiger partial charge in [0.2, 0.25) is 11.9 Å². The van der Waals surface area contributed by atoms with Crippen molar-refractivity contribution in [3.63, 3.8) is 0 Å². The first-order chi connectivity index (χ1) is 20.1. The third-order valence-corrected chi connectivity index (χ3v) is 7.91. The van der Waals surface area contributed by atoms with Crippen LogP contribution in [-0.4, -0.2) is 75.8 Å². The van der Waals surface area contributed by atoms with E-state index in [1.807, 2.05) is 0 Å². The average molecular weight is 599 g/mol. The van der Waals surface area contributed by atoms with Gasteiger partial charge in [-0.3, -0.25) is 9.59 Å². The highest BCUT2D eigenvalue weighted by Gasteiger charge is 2.38. The van der Waals surface area contributed by atoms with E-state index >= 15 is 0 Å². The molecule has 3 N–H and O–H groups in total. The SMILES string of the molecule is COc1cc(F)cc([C@](C)(CO)NC(=O)[C@@H](C)N2Cc3ccc(-c4nc(NC5CCOCC5)ncc4Cl)nc3C2=O)c1. The molecule has 11 nitrogen and oxygen atoms in total. The Kier molecular flexibility index (Phi) is 8.58. The van der Waals surface area contributed by atoms with Gasteiger partial charge in [-0.25, -0.2) is 19.3 Å². The van der Waals surface area contributed by atoms with Gasteiger partial charge in [-0.15, -0.1) is 0 Å². The fraction of sp³-hybridized carbons (Fsp3) is 0.414. The van der Waals surface area contributed by atoms with Gasteiger partial charge in [0.05, 0.1) is 36.2 Å². The lowest BCUT2D eigenvalue weighted by Crippen LogP contribution is -2.53. The van der Waals surface area contributed by atoms with Gasteiger partial charge in [0.1, 0.15) is 29.0 Å². The molecule has 0 aliphatic carbocycles. The summed E-state index contributed by atoms with van der Waals surface area (Å²) in [6.07, 6.45) is 3.16. The number of nitrogens with one attached hydrogen (secondary N) is 2. The Hall–Kier alpha value is -3.87. The predicted octanol–water partition coefficient (Wildman–Crippen LogP) is 3.30. The number of aliphatic hydroxyl groups excluding tert-OH is 1. The van der Waals surface area contributed by atoms with Gasteiger partial charge in [0.15, 0.2) is 0 Å². The highest BCUT2D eigenvalue weighted by Crippen LogP contribution is 2.31. The quantitative estimate of drug-likeness (QED) is 0.338. The minimum absolute atomic E-state index is 0.160. The molecule has 2 aliphatic rings. The van der Waals surface area contributed by atoms with Gasteiger partial charge in [-0.2, -0.15) is 0 Å². The summed E-state index contributed by atoms with van der Waals surface area (Å²) < 4.78 is 24.7. The van der Waals surface area contributed by atoms with Crippen LogP contribution in [0.4, 0.5) is 10.3 Å². The minimum atomic E-state index is -1.33. The Morgan fingerprint density at radius 2 is 2.02 bits per heavy atom. The fourth-order valence-corrected chi connectivity index (χ4v) is 5.19. The molecule has 0 unspecified atom stereocenters. The first kappa shape index (κ1) is 29.6. The number of fused-ring (bicyclic) bond motifs is 1. The molecule has 0 saturated carbocycles. The van der Waals surface area contributed by atoms with Crippen molar-refractivity contribution in [2.45, 2.75) is 50.9 Å². The lowest BCUT2D eigenvalue weighted by Gasteiger charge is -2.33. The molecule has 0 radical (unpaired) electrons. The number of carbonyl (C=O) groups excluding carboxylic acids is 2. The summed E-state index contributed by atoms with van der Waals surface area (Å²) in [5.41, 5.74) is 0.607. The third kappa shape index (κ3) is 6.01. The molecule has 0 spiro atoms. The van der Waals surface area contributed by atoms with E-state index in [1.54, 1.807) is 26.0 Å². The molecule has 1 aromatic carbocycles. The number of rotatable bonds is 9. The number of anilines is 1. The predicted molar refractivity (Wildman–Crippen MR) is 153 cm³/mol. The van der Waals surface area contributed by atoms with Crippen LogP contribution < -0.4 is 15.4 Å². The molecule has 1 saturated heterocycles. The van der Waals surface area contributed by atoms with Crippen molar-refractivity contribution in [2.24, 2.45) is 0 Å². The number of halogens is 2. The number of aromatic nitrogens is 3. The van der Waals surface area contributed by atoms with Gasteiger partial charge >= 0.3 is 0 Å². The van der Waals surface area contributed by atoms with Crippen LogP contribution >= 0.6 is 11.6 Å². The van der Waals surface area contributed by atoms with Crippen LogP contribution in [0.1, 0.15) is 48.3 Å². The first-order valence-corrected chi connectivity index (χ1v) is 14.0. The lowest BCUT2D eigenvalue weighted by molar-refractivity contribution is -0.127. The van der Waals surface area contributed by atoms with Crippen molar-refractivity contribution in [3.8, 4) is 17.1 Å². The summed E-state index contributed by atoms with van der Waals surface area (Å²) in [5.74, 6) is -0.884. The van der Waals surface area contributed by atoms with Crippen LogP contribution in [0, 0.1) is 5.82 Å². The number of benzene rings is 1. The Morgan fingerprint density at radius 1 is 1.26 bits per heavy atom. The van der Waals surface area contributed by atoms with Gasteiger partial charge in [-0.05, 0) is 50.5 Å². The fourth-order valence-electron chi connectivity index (χ4n) is 5.00. The van der Waals surface area contributed by atoms with Crippen molar-refractivity contribution in [2.75, 3.05) is 32.2 Å². The van der Waals surface area contributed by atoms with Crippen LogP contribution in [0.2, 0.25) is 5.02 Å². The monoisotopic (exact) mass is 598 g/mol. The van der Waals surface area contributed by atoms with Crippen molar-refractivity contribution in [1.29, 1.82) is 0 Å². The number of nitrogens with zero attached hydrogens (tertiary/aromatic N) is 4. The number of methoxy groups -OCH3 is 1. The molecule has 2 atom stereocenters. The molecular formula is C29H32ClFN6O5. The van der Waals surface area contributed by atoms with Crippen LogP contribution in [0.3, 0.4) is 0 Å². The second-order valence-corrected chi connectivity index (χ2v) is 11.0. The van der Waals surface area contributed by atoms with Gasteiger partial charge < -0.3 is 30.1 Å². The summed E-state index contributed by atoms with van der Waals surface area (Å²) in [6, 6.07) is 6.71. The summed E-state index contributed by atoms with van der Waals surface area (Å²) in [5, 5.41) is 16.5. The van der Waals surface area contributed by atoms with Crippen LogP contribution in [-0.2, 0) is 21.6 Å². The van der Waals surface area contributed by atoms with E-state index in [1.165, 1.54) is 36.4 Å². The third-order valence-electron chi connectivity index (χ3n) is 7.63. The van der Waals surface area contributed by atoms with E-state index < -0.39 is 35.8 Å². The van der Waals surface area contributed by atoms with Crippen LogP contribution in [0.15, 0.2) is 36.5 Å². The number of pyridine rings is 1. The van der Waals surface area contributed by atoms with Crippen molar-refractivity contribution in [3.05, 3.63) is 64.2 Å². The maximum absolute atomic E-state index is 14.2.